The lowest BCUT2D eigenvalue weighted by molar-refractivity contribution is 0.587. The number of thiol groups is 1. The first kappa shape index (κ1) is 12.6. The van der Waals surface area contributed by atoms with Crippen LogP contribution in [0.3, 0.4) is 0 Å². The second-order valence-corrected chi connectivity index (χ2v) is 5.55. The third-order valence-electron chi connectivity index (χ3n) is 2.90. The van der Waals surface area contributed by atoms with Crippen LogP contribution in [0.2, 0.25) is 0 Å². The molecule has 0 saturated carbocycles. The smallest absolute Gasteiger partial charge is 0.0104 e. The monoisotopic (exact) mass is 222 g/mol. The quantitative estimate of drug-likeness (QED) is 0.705. The number of aryl methyl sites for hydroxylation is 2. The maximum Gasteiger partial charge on any atom is 0.0104 e. The van der Waals surface area contributed by atoms with Crippen LogP contribution in [0.15, 0.2) is 17.0 Å². The van der Waals surface area contributed by atoms with Gasteiger partial charge < -0.3 is 0 Å². The molecule has 0 atom stereocenters. The molecular formula is C14H22S. The maximum atomic E-state index is 4.61. The van der Waals surface area contributed by atoms with Crippen molar-refractivity contribution >= 4 is 12.6 Å². The van der Waals surface area contributed by atoms with Crippen LogP contribution in [-0.2, 0) is 18.3 Å². The molecule has 0 heterocycles. The number of hydrogen-bond donors (Lipinski definition) is 1. The number of benzene rings is 1. The Morgan fingerprint density at radius 2 is 1.40 bits per heavy atom. The van der Waals surface area contributed by atoms with Crippen LogP contribution >= 0.6 is 12.6 Å². The van der Waals surface area contributed by atoms with E-state index in [-0.39, 0.29) is 5.41 Å². The zero-order valence-electron chi connectivity index (χ0n) is 10.5. The Hall–Kier alpha value is -0.430. The van der Waals surface area contributed by atoms with Gasteiger partial charge in [-0.2, -0.15) is 0 Å². The number of rotatable bonds is 2. The van der Waals surface area contributed by atoms with E-state index in [2.05, 4.69) is 59.4 Å². The van der Waals surface area contributed by atoms with Crippen molar-refractivity contribution < 1.29 is 0 Å². The molecule has 1 heteroatoms. The van der Waals surface area contributed by atoms with E-state index in [1.165, 1.54) is 21.6 Å². The molecule has 15 heavy (non-hydrogen) atoms. The molecule has 0 spiro atoms. The second kappa shape index (κ2) is 4.61. The third kappa shape index (κ3) is 2.78. The highest BCUT2D eigenvalue weighted by Gasteiger charge is 2.16. The fourth-order valence-electron chi connectivity index (χ4n) is 1.73. The maximum absolute atomic E-state index is 4.61. The van der Waals surface area contributed by atoms with Crippen LogP contribution in [0.1, 0.15) is 51.3 Å². The molecule has 0 radical (unpaired) electrons. The molecule has 0 aliphatic rings. The Morgan fingerprint density at radius 1 is 1.00 bits per heavy atom. The lowest BCUT2D eigenvalue weighted by Gasteiger charge is -2.22. The van der Waals surface area contributed by atoms with Gasteiger partial charge in [-0.15, -0.1) is 12.6 Å². The van der Waals surface area contributed by atoms with E-state index in [9.17, 15) is 0 Å². The molecule has 0 N–H and O–H groups in total. The summed E-state index contributed by atoms with van der Waals surface area (Å²) in [5, 5.41) is 0. The van der Waals surface area contributed by atoms with Crippen LogP contribution in [0.25, 0.3) is 0 Å². The molecule has 1 aromatic rings. The molecule has 0 saturated heterocycles. The first-order valence-corrected chi connectivity index (χ1v) is 6.20. The van der Waals surface area contributed by atoms with Crippen LogP contribution in [0.5, 0.6) is 0 Å². The molecule has 0 bridgehead atoms. The van der Waals surface area contributed by atoms with E-state index in [4.69, 9.17) is 0 Å². The van der Waals surface area contributed by atoms with Crippen molar-refractivity contribution in [3.05, 3.63) is 28.8 Å². The van der Waals surface area contributed by atoms with Crippen LogP contribution in [-0.4, -0.2) is 0 Å². The predicted octanol–water partition coefficient (Wildman–Crippen LogP) is 4.40. The van der Waals surface area contributed by atoms with Gasteiger partial charge >= 0.3 is 0 Å². The minimum absolute atomic E-state index is 0.231. The van der Waals surface area contributed by atoms with Gasteiger partial charge in [-0.1, -0.05) is 46.8 Å². The molecule has 0 unspecified atom stereocenters. The predicted molar refractivity (Wildman–Crippen MR) is 71.2 cm³/mol. The van der Waals surface area contributed by atoms with Crippen molar-refractivity contribution in [2.75, 3.05) is 0 Å². The van der Waals surface area contributed by atoms with E-state index in [0.29, 0.717) is 0 Å². The van der Waals surface area contributed by atoms with Gasteiger partial charge in [0, 0.05) is 4.90 Å². The van der Waals surface area contributed by atoms with Gasteiger partial charge in [-0.25, -0.2) is 0 Å². The summed E-state index contributed by atoms with van der Waals surface area (Å²) in [7, 11) is 0. The highest BCUT2D eigenvalue weighted by molar-refractivity contribution is 7.80. The molecule has 0 aliphatic carbocycles. The number of hydrogen-bond acceptors (Lipinski definition) is 1. The summed E-state index contributed by atoms with van der Waals surface area (Å²) in [4.78, 5) is 1.19. The largest absolute Gasteiger partial charge is 0.143 e. The van der Waals surface area contributed by atoms with Crippen molar-refractivity contribution in [2.24, 2.45) is 0 Å². The first-order chi connectivity index (χ1) is 6.90. The summed E-state index contributed by atoms with van der Waals surface area (Å²) in [5.41, 5.74) is 4.41. The Morgan fingerprint density at radius 3 is 1.67 bits per heavy atom. The second-order valence-electron chi connectivity index (χ2n) is 5.10. The van der Waals surface area contributed by atoms with E-state index in [1.807, 2.05) is 0 Å². The summed E-state index contributed by atoms with van der Waals surface area (Å²) in [6.45, 7) is 11.2. The van der Waals surface area contributed by atoms with Gasteiger partial charge in [0.15, 0.2) is 0 Å². The average molecular weight is 222 g/mol. The van der Waals surface area contributed by atoms with Gasteiger partial charge in [-0.3, -0.25) is 0 Å². The van der Waals surface area contributed by atoms with Gasteiger partial charge in [0.1, 0.15) is 0 Å². The van der Waals surface area contributed by atoms with Crippen molar-refractivity contribution in [1.29, 1.82) is 0 Å². The van der Waals surface area contributed by atoms with Crippen LogP contribution in [0, 0.1) is 0 Å². The Labute approximate surface area is 99.5 Å². The fourth-order valence-corrected chi connectivity index (χ4v) is 2.18. The van der Waals surface area contributed by atoms with Gasteiger partial charge in [-0.05, 0) is 34.9 Å². The molecule has 0 amide bonds. The SMILES string of the molecule is CCc1cc(C(C)(C)C)cc(CC)c1S. The molecule has 0 aromatic heterocycles. The Kier molecular flexibility index (Phi) is 3.88. The topological polar surface area (TPSA) is 0 Å². The standard InChI is InChI=1S/C14H22S/c1-6-10-8-12(14(3,4)5)9-11(7-2)13(10)15/h8-9,15H,6-7H2,1-5H3. The van der Waals surface area contributed by atoms with E-state index in [1.54, 1.807) is 0 Å². The molecule has 0 fully saturated rings. The summed E-state index contributed by atoms with van der Waals surface area (Å²) in [6, 6.07) is 4.61. The summed E-state index contributed by atoms with van der Waals surface area (Å²) < 4.78 is 0. The molecule has 1 rings (SSSR count). The Balaban J connectivity index is 3.33. The molecule has 0 nitrogen and oxygen atoms in total. The molecular weight excluding hydrogens is 200 g/mol. The zero-order valence-corrected chi connectivity index (χ0v) is 11.4. The summed E-state index contributed by atoms with van der Waals surface area (Å²) >= 11 is 4.61. The average Bonchev–Trinajstić information content (AvgIpc) is 2.16. The Bertz CT molecular complexity index is 320. The lowest BCUT2D eigenvalue weighted by Crippen LogP contribution is -2.12. The van der Waals surface area contributed by atoms with Crippen molar-refractivity contribution in [2.45, 2.75) is 57.8 Å². The normalized spacial score (nSPS) is 11.9. The van der Waals surface area contributed by atoms with Crippen LogP contribution in [0.4, 0.5) is 0 Å². The van der Waals surface area contributed by atoms with E-state index < -0.39 is 0 Å². The minimum Gasteiger partial charge on any atom is -0.143 e. The lowest BCUT2D eigenvalue weighted by atomic mass is 9.84. The first-order valence-electron chi connectivity index (χ1n) is 5.75. The fraction of sp³-hybridized carbons (Fsp3) is 0.571. The highest BCUT2D eigenvalue weighted by atomic mass is 32.1. The van der Waals surface area contributed by atoms with Gasteiger partial charge in [0.25, 0.3) is 0 Å². The molecule has 1 aromatic carbocycles. The van der Waals surface area contributed by atoms with E-state index in [0.717, 1.165) is 12.8 Å². The molecule has 84 valence electrons. The van der Waals surface area contributed by atoms with Crippen molar-refractivity contribution in [3.63, 3.8) is 0 Å². The third-order valence-corrected chi connectivity index (χ3v) is 3.47. The molecule has 0 aliphatic heterocycles. The van der Waals surface area contributed by atoms with Crippen molar-refractivity contribution in [1.82, 2.24) is 0 Å². The minimum atomic E-state index is 0.231. The van der Waals surface area contributed by atoms with Gasteiger partial charge in [0.2, 0.25) is 0 Å². The van der Waals surface area contributed by atoms with E-state index >= 15 is 0 Å². The zero-order chi connectivity index (χ0) is 11.6. The summed E-state index contributed by atoms with van der Waals surface area (Å²) in [5.74, 6) is 0. The summed E-state index contributed by atoms with van der Waals surface area (Å²) in [6.07, 6.45) is 2.13. The van der Waals surface area contributed by atoms with Crippen LogP contribution < -0.4 is 0 Å². The van der Waals surface area contributed by atoms with Gasteiger partial charge in [0.05, 0.1) is 0 Å². The van der Waals surface area contributed by atoms with Crippen molar-refractivity contribution in [3.8, 4) is 0 Å². The highest BCUT2D eigenvalue weighted by Crippen LogP contribution is 2.29.